The zero-order valence-electron chi connectivity index (χ0n) is 14.5. The van der Waals surface area contributed by atoms with Gasteiger partial charge in [0.25, 0.3) is 11.8 Å². The number of hydroxylamine groups is 2. The van der Waals surface area contributed by atoms with E-state index in [0.29, 0.717) is 21.2 Å². The molecule has 0 aliphatic carbocycles. The van der Waals surface area contributed by atoms with E-state index in [4.69, 9.17) is 16.4 Å². The molecule has 2 aromatic carbocycles. The van der Waals surface area contributed by atoms with Crippen LogP contribution in [0.2, 0.25) is 5.02 Å². The minimum atomic E-state index is -0.926. The number of carbonyl (C=O) groups excluding carboxylic acids is 3. The maximum atomic E-state index is 12.6. The van der Waals surface area contributed by atoms with Crippen molar-refractivity contribution < 1.29 is 19.2 Å². The number of aromatic nitrogens is 2. The number of rotatable bonds is 3. The molecule has 28 heavy (non-hydrogen) atoms. The fourth-order valence-electron chi connectivity index (χ4n) is 2.76. The number of amides is 2. The Bertz CT molecular complexity index is 1090. The van der Waals surface area contributed by atoms with E-state index >= 15 is 0 Å². The highest BCUT2D eigenvalue weighted by Crippen LogP contribution is 2.24. The third-order valence-electron chi connectivity index (χ3n) is 4.20. The first-order valence-electron chi connectivity index (χ1n) is 8.25. The molecule has 3 aromatic rings. The van der Waals surface area contributed by atoms with Crippen molar-refractivity contribution in [1.82, 2.24) is 15.0 Å². The van der Waals surface area contributed by atoms with Gasteiger partial charge < -0.3 is 4.84 Å². The number of hydrogen-bond acceptors (Lipinski definition) is 6. The Morgan fingerprint density at radius 1 is 1.00 bits per heavy atom. The van der Waals surface area contributed by atoms with Gasteiger partial charge in [0.2, 0.25) is 0 Å². The lowest BCUT2D eigenvalue weighted by molar-refractivity contribution is -0.0589. The van der Waals surface area contributed by atoms with Gasteiger partial charge in [-0.05, 0) is 43.3 Å². The van der Waals surface area contributed by atoms with E-state index in [1.165, 1.54) is 18.3 Å². The van der Waals surface area contributed by atoms with Gasteiger partial charge in [0, 0.05) is 22.3 Å². The average molecular weight is 394 g/mol. The molecule has 0 radical (unpaired) electrons. The molecular weight excluding hydrogens is 382 g/mol. The van der Waals surface area contributed by atoms with Crippen molar-refractivity contribution in [3.63, 3.8) is 0 Å². The van der Waals surface area contributed by atoms with Crippen LogP contribution in [-0.2, 0) is 4.84 Å². The number of imide groups is 1. The lowest BCUT2D eigenvalue weighted by Gasteiger charge is -2.13. The standard InChI is InChI=1S/C20H12ClN3O4/c1-11-10-22-17(12-6-8-13(21)9-7-12)23-16(11)20(27)28-24-18(25)14-4-2-3-5-15(14)19(24)26/h2-10H,1H3. The van der Waals surface area contributed by atoms with Crippen LogP contribution in [0.15, 0.2) is 54.7 Å². The van der Waals surface area contributed by atoms with Gasteiger partial charge in [-0.3, -0.25) is 9.59 Å². The minimum Gasteiger partial charge on any atom is -0.322 e. The molecule has 0 N–H and O–H groups in total. The number of aryl methyl sites for hydroxylation is 1. The van der Waals surface area contributed by atoms with Gasteiger partial charge in [-0.25, -0.2) is 14.8 Å². The molecule has 0 unspecified atom stereocenters. The van der Waals surface area contributed by atoms with Crippen LogP contribution in [0.4, 0.5) is 0 Å². The second-order valence-electron chi connectivity index (χ2n) is 6.06. The Morgan fingerprint density at radius 2 is 1.61 bits per heavy atom. The molecule has 0 atom stereocenters. The summed E-state index contributed by atoms with van der Waals surface area (Å²) in [4.78, 5) is 50.9. The number of carbonyl (C=O) groups is 3. The molecular formula is C20H12ClN3O4. The van der Waals surface area contributed by atoms with E-state index < -0.39 is 17.8 Å². The molecule has 4 rings (SSSR count). The lowest BCUT2D eigenvalue weighted by Crippen LogP contribution is -2.33. The third kappa shape index (κ3) is 3.01. The van der Waals surface area contributed by atoms with Gasteiger partial charge in [-0.2, -0.15) is 0 Å². The molecule has 0 saturated heterocycles. The van der Waals surface area contributed by atoms with E-state index in [-0.39, 0.29) is 22.6 Å². The van der Waals surface area contributed by atoms with Gasteiger partial charge >= 0.3 is 5.97 Å². The lowest BCUT2D eigenvalue weighted by atomic mass is 10.1. The molecule has 7 nitrogen and oxygen atoms in total. The van der Waals surface area contributed by atoms with Crippen LogP contribution in [0.5, 0.6) is 0 Å². The molecule has 2 amide bonds. The van der Waals surface area contributed by atoms with Crippen molar-refractivity contribution in [2.75, 3.05) is 0 Å². The van der Waals surface area contributed by atoms with Crippen LogP contribution >= 0.6 is 11.6 Å². The molecule has 8 heteroatoms. The van der Waals surface area contributed by atoms with Crippen molar-refractivity contribution in [2.24, 2.45) is 0 Å². The molecule has 1 aromatic heterocycles. The number of halogens is 1. The normalized spacial score (nSPS) is 12.9. The van der Waals surface area contributed by atoms with E-state index in [1.54, 1.807) is 43.3 Å². The first-order chi connectivity index (χ1) is 13.5. The highest BCUT2D eigenvalue weighted by Gasteiger charge is 2.39. The summed E-state index contributed by atoms with van der Waals surface area (Å²) in [5.74, 6) is -2.03. The molecule has 2 heterocycles. The minimum absolute atomic E-state index is 0.0449. The highest BCUT2D eigenvalue weighted by atomic mass is 35.5. The van der Waals surface area contributed by atoms with Gasteiger partial charge in [-0.1, -0.05) is 28.8 Å². The van der Waals surface area contributed by atoms with E-state index in [0.717, 1.165) is 0 Å². The quantitative estimate of drug-likeness (QED) is 0.633. The second-order valence-corrected chi connectivity index (χ2v) is 6.50. The fraction of sp³-hybridized carbons (Fsp3) is 0.0500. The number of hydrogen-bond donors (Lipinski definition) is 0. The van der Waals surface area contributed by atoms with Crippen molar-refractivity contribution in [1.29, 1.82) is 0 Å². The van der Waals surface area contributed by atoms with Crippen molar-refractivity contribution >= 4 is 29.4 Å². The van der Waals surface area contributed by atoms with Crippen LogP contribution in [0, 0.1) is 6.92 Å². The van der Waals surface area contributed by atoms with Gasteiger partial charge in [-0.15, -0.1) is 0 Å². The molecule has 0 spiro atoms. The molecule has 0 fully saturated rings. The van der Waals surface area contributed by atoms with Crippen molar-refractivity contribution in [2.45, 2.75) is 6.92 Å². The average Bonchev–Trinajstić information content (AvgIpc) is 2.94. The number of fused-ring (bicyclic) bond motifs is 1. The fourth-order valence-corrected chi connectivity index (χ4v) is 2.89. The summed E-state index contributed by atoms with van der Waals surface area (Å²) in [6.45, 7) is 1.63. The zero-order valence-corrected chi connectivity index (χ0v) is 15.3. The monoisotopic (exact) mass is 393 g/mol. The summed E-state index contributed by atoms with van der Waals surface area (Å²) in [7, 11) is 0. The molecule has 1 aliphatic heterocycles. The zero-order chi connectivity index (χ0) is 19.8. The maximum absolute atomic E-state index is 12.6. The smallest absolute Gasteiger partial charge is 0.322 e. The Labute approximate surface area is 164 Å². The van der Waals surface area contributed by atoms with Crippen LogP contribution in [0.1, 0.15) is 36.8 Å². The van der Waals surface area contributed by atoms with Crippen LogP contribution in [0.25, 0.3) is 11.4 Å². The van der Waals surface area contributed by atoms with E-state index in [2.05, 4.69) is 9.97 Å². The summed E-state index contributed by atoms with van der Waals surface area (Å²) in [6.07, 6.45) is 1.47. The first kappa shape index (κ1) is 17.8. The third-order valence-corrected chi connectivity index (χ3v) is 4.45. The predicted molar refractivity (Wildman–Crippen MR) is 99.6 cm³/mol. The summed E-state index contributed by atoms with van der Waals surface area (Å²) >= 11 is 5.88. The Balaban J connectivity index is 1.62. The van der Waals surface area contributed by atoms with Crippen molar-refractivity contribution in [3.8, 4) is 11.4 Å². The number of benzene rings is 2. The predicted octanol–water partition coefficient (Wildman–Crippen LogP) is 3.47. The van der Waals surface area contributed by atoms with E-state index in [9.17, 15) is 14.4 Å². The Kier molecular flexibility index (Phi) is 4.37. The van der Waals surface area contributed by atoms with Gasteiger partial charge in [0.05, 0.1) is 11.1 Å². The molecule has 0 saturated carbocycles. The molecule has 1 aliphatic rings. The highest BCUT2D eigenvalue weighted by molar-refractivity contribution is 6.30. The second kappa shape index (κ2) is 6.86. The van der Waals surface area contributed by atoms with E-state index in [1.807, 2.05) is 0 Å². The Hall–Kier alpha value is -3.58. The first-order valence-corrected chi connectivity index (χ1v) is 8.63. The maximum Gasteiger partial charge on any atom is 0.382 e. The van der Waals surface area contributed by atoms with Crippen LogP contribution in [0.3, 0.4) is 0 Å². The van der Waals surface area contributed by atoms with Crippen LogP contribution < -0.4 is 0 Å². The summed E-state index contributed by atoms with van der Waals surface area (Å²) in [6, 6.07) is 13.0. The van der Waals surface area contributed by atoms with Gasteiger partial charge in [0.15, 0.2) is 11.5 Å². The van der Waals surface area contributed by atoms with Gasteiger partial charge in [0.1, 0.15) is 0 Å². The number of nitrogens with zero attached hydrogens (tertiary/aromatic N) is 3. The van der Waals surface area contributed by atoms with Crippen LogP contribution in [-0.4, -0.2) is 32.8 Å². The summed E-state index contributed by atoms with van der Waals surface area (Å²) in [5.41, 5.74) is 1.41. The SMILES string of the molecule is Cc1cnc(-c2ccc(Cl)cc2)nc1C(=O)ON1C(=O)c2ccccc2C1=O. The molecule has 138 valence electrons. The summed E-state index contributed by atoms with van der Waals surface area (Å²) < 4.78 is 0. The largest absolute Gasteiger partial charge is 0.382 e. The molecule has 0 bridgehead atoms. The Morgan fingerprint density at radius 3 is 2.21 bits per heavy atom. The van der Waals surface area contributed by atoms with Crippen molar-refractivity contribution in [3.05, 3.63) is 82.1 Å². The summed E-state index contributed by atoms with van der Waals surface area (Å²) in [5, 5.41) is 1.01. The topological polar surface area (TPSA) is 89.5 Å².